The van der Waals surface area contributed by atoms with Crippen LogP contribution in [0.2, 0.25) is 0 Å². The summed E-state index contributed by atoms with van der Waals surface area (Å²) in [5.41, 5.74) is 3.57. The standard InChI is InChI=1S/C26H25NO6/c1-14-16(3)32-22-13-23-20(12-19(14)22)15(2)18(26(31)33-23)9-10-24(28)27-21(25(29)30)11-17-7-5-4-6-8-17/h4-8,12-13,21H,9-11H2,1-3H3,(H,27,28)(H,29,30)/t21-/m0/s1. The van der Waals surface area contributed by atoms with Gasteiger partial charge in [0.1, 0.15) is 23.0 Å². The third-order valence-electron chi connectivity index (χ3n) is 6.10. The van der Waals surface area contributed by atoms with Gasteiger partial charge in [-0.2, -0.15) is 0 Å². The van der Waals surface area contributed by atoms with Gasteiger partial charge in [-0.15, -0.1) is 0 Å². The Morgan fingerprint density at radius 3 is 2.33 bits per heavy atom. The van der Waals surface area contributed by atoms with E-state index in [0.717, 1.165) is 33.2 Å². The molecule has 2 heterocycles. The fourth-order valence-electron chi connectivity index (χ4n) is 4.07. The molecule has 1 amide bonds. The maximum atomic E-state index is 12.6. The van der Waals surface area contributed by atoms with Crippen LogP contribution in [-0.2, 0) is 22.4 Å². The molecule has 33 heavy (non-hydrogen) atoms. The molecule has 170 valence electrons. The third-order valence-corrected chi connectivity index (χ3v) is 6.10. The number of carboxylic acid groups (broad SMARTS) is 1. The normalized spacial score (nSPS) is 12.2. The van der Waals surface area contributed by atoms with E-state index in [-0.39, 0.29) is 19.3 Å². The van der Waals surface area contributed by atoms with Gasteiger partial charge in [0, 0.05) is 35.2 Å². The van der Waals surface area contributed by atoms with E-state index in [1.807, 2.05) is 57.2 Å². The minimum absolute atomic E-state index is 0.0260. The highest BCUT2D eigenvalue weighted by Gasteiger charge is 2.21. The predicted molar refractivity (Wildman–Crippen MR) is 125 cm³/mol. The van der Waals surface area contributed by atoms with Gasteiger partial charge in [-0.25, -0.2) is 9.59 Å². The third kappa shape index (κ3) is 4.53. The Bertz CT molecular complexity index is 1410. The maximum absolute atomic E-state index is 12.6. The van der Waals surface area contributed by atoms with Crippen molar-refractivity contribution in [1.82, 2.24) is 5.32 Å². The van der Waals surface area contributed by atoms with E-state index in [0.29, 0.717) is 16.7 Å². The smallest absolute Gasteiger partial charge is 0.339 e. The largest absolute Gasteiger partial charge is 0.480 e. The van der Waals surface area contributed by atoms with Crippen LogP contribution in [0.1, 0.15) is 34.4 Å². The molecule has 7 heteroatoms. The van der Waals surface area contributed by atoms with E-state index in [4.69, 9.17) is 8.83 Å². The Morgan fingerprint density at radius 1 is 0.970 bits per heavy atom. The molecule has 4 rings (SSSR count). The molecule has 2 aromatic heterocycles. The SMILES string of the molecule is Cc1oc2cc3oc(=O)c(CCC(=O)N[C@@H](Cc4ccccc4)C(=O)O)c(C)c3cc2c1C. The monoisotopic (exact) mass is 447 g/mol. The first-order valence-corrected chi connectivity index (χ1v) is 10.8. The van der Waals surface area contributed by atoms with Crippen molar-refractivity contribution >= 4 is 33.8 Å². The zero-order valence-electron chi connectivity index (χ0n) is 18.7. The van der Waals surface area contributed by atoms with Crippen molar-refractivity contribution in [3.63, 3.8) is 0 Å². The minimum atomic E-state index is -1.11. The van der Waals surface area contributed by atoms with Gasteiger partial charge in [-0.1, -0.05) is 30.3 Å². The van der Waals surface area contributed by atoms with E-state index < -0.39 is 23.5 Å². The molecule has 1 atom stereocenters. The molecule has 0 radical (unpaired) electrons. The van der Waals surface area contributed by atoms with Crippen LogP contribution in [0, 0.1) is 20.8 Å². The molecule has 0 bridgehead atoms. The van der Waals surface area contributed by atoms with E-state index in [9.17, 15) is 19.5 Å². The van der Waals surface area contributed by atoms with Crippen LogP contribution in [0.4, 0.5) is 0 Å². The van der Waals surface area contributed by atoms with Crippen LogP contribution >= 0.6 is 0 Å². The first-order chi connectivity index (χ1) is 15.7. The second-order valence-electron chi connectivity index (χ2n) is 8.27. The lowest BCUT2D eigenvalue weighted by Gasteiger charge is -2.15. The van der Waals surface area contributed by atoms with E-state index >= 15 is 0 Å². The number of hydrogen-bond donors (Lipinski definition) is 2. The summed E-state index contributed by atoms with van der Waals surface area (Å²) < 4.78 is 11.3. The van der Waals surface area contributed by atoms with Crippen LogP contribution in [0.15, 0.2) is 56.1 Å². The van der Waals surface area contributed by atoms with E-state index in [2.05, 4.69) is 5.32 Å². The molecule has 0 aliphatic rings. The number of benzene rings is 2. The summed E-state index contributed by atoms with van der Waals surface area (Å²) in [7, 11) is 0. The molecule has 0 saturated heterocycles. The Kier molecular flexibility index (Phi) is 6.05. The Balaban J connectivity index is 1.53. The van der Waals surface area contributed by atoms with Gasteiger partial charge < -0.3 is 19.3 Å². The number of furan rings is 1. The lowest BCUT2D eigenvalue weighted by Crippen LogP contribution is -2.42. The van der Waals surface area contributed by atoms with Crippen molar-refractivity contribution in [2.75, 3.05) is 0 Å². The number of carbonyl (C=O) groups is 2. The quantitative estimate of drug-likeness (QED) is 0.411. The highest BCUT2D eigenvalue weighted by Crippen LogP contribution is 2.31. The summed E-state index contributed by atoms with van der Waals surface area (Å²) in [6.07, 6.45) is 0.301. The van der Waals surface area contributed by atoms with Crippen LogP contribution in [0.5, 0.6) is 0 Å². The van der Waals surface area contributed by atoms with Gasteiger partial charge in [-0.3, -0.25) is 4.79 Å². The summed E-state index contributed by atoms with van der Waals surface area (Å²) in [5, 5.41) is 13.8. The highest BCUT2D eigenvalue weighted by atomic mass is 16.4. The van der Waals surface area contributed by atoms with Crippen molar-refractivity contribution < 1.29 is 23.5 Å². The molecule has 2 aromatic carbocycles. The first-order valence-electron chi connectivity index (χ1n) is 10.8. The molecule has 0 spiro atoms. The fourth-order valence-corrected chi connectivity index (χ4v) is 4.07. The van der Waals surface area contributed by atoms with Crippen molar-refractivity contribution in [3.8, 4) is 0 Å². The lowest BCUT2D eigenvalue weighted by atomic mass is 10.00. The molecule has 4 aromatic rings. The van der Waals surface area contributed by atoms with Crippen molar-refractivity contribution in [3.05, 3.63) is 80.9 Å². The molecule has 2 N–H and O–H groups in total. The Labute approximate surface area is 190 Å². The maximum Gasteiger partial charge on any atom is 0.339 e. The molecular weight excluding hydrogens is 422 g/mol. The fraction of sp³-hybridized carbons (Fsp3) is 0.269. The van der Waals surface area contributed by atoms with Gasteiger partial charge in [0.05, 0.1) is 0 Å². The Hall–Kier alpha value is -3.87. The summed E-state index contributed by atoms with van der Waals surface area (Å²) >= 11 is 0. The molecule has 0 aliphatic heterocycles. The molecule has 0 unspecified atom stereocenters. The van der Waals surface area contributed by atoms with E-state index in [1.54, 1.807) is 6.07 Å². The summed E-state index contributed by atoms with van der Waals surface area (Å²) in [4.78, 5) is 36.8. The number of aliphatic carboxylic acids is 1. The molecule has 0 saturated carbocycles. The molecule has 0 aliphatic carbocycles. The van der Waals surface area contributed by atoms with Crippen LogP contribution in [0.3, 0.4) is 0 Å². The molecule has 0 fully saturated rings. The van der Waals surface area contributed by atoms with Crippen LogP contribution in [-0.4, -0.2) is 23.0 Å². The van der Waals surface area contributed by atoms with E-state index in [1.165, 1.54) is 0 Å². The van der Waals surface area contributed by atoms with Crippen LogP contribution in [0.25, 0.3) is 21.9 Å². The lowest BCUT2D eigenvalue weighted by molar-refractivity contribution is -0.141. The number of carboxylic acids is 1. The number of rotatable bonds is 7. The minimum Gasteiger partial charge on any atom is -0.480 e. The predicted octanol–water partition coefficient (Wildman–Crippen LogP) is 4.21. The van der Waals surface area contributed by atoms with Gasteiger partial charge in [0.25, 0.3) is 0 Å². The van der Waals surface area contributed by atoms with Gasteiger partial charge in [0.15, 0.2) is 0 Å². The van der Waals surface area contributed by atoms with Crippen LogP contribution < -0.4 is 10.9 Å². The number of aryl methyl sites for hydroxylation is 3. The first kappa shape index (κ1) is 22.3. The van der Waals surface area contributed by atoms with Gasteiger partial charge >= 0.3 is 11.6 Å². The zero-order chi connectivity index (χ0) is 23.7. The second kappa shape index (κ2) is 8.94. The second-order valence-corrected chi connectivity index (χ2v) is 8.27. The highest BCUT2D eigenvalue weighted by molar-refractivity contribution is 5.96. The number of hydrogen-bond acceptors (Lipinski definition) is 5. The zero-order valence-corrected chi connectivity index (χ0v) is 18.7. The molecule has 7 nitrogen and oxygen atoms in total. The number of carbonyl (C=O) groups excluding carboxylic acids is 1. The average Bonchev–Trinajstić information content (AvgIpc) is 3.05. The summed E-state index contributed by atoms with van der Waals surface area (Å²) in [6.45, 7) is 5.69. The number of amides is 1. The Morgan fingerprint density at radius 2 is 1.64 bits per heavy atom. The summed E-state index contributed by atoms with van der Waals surface area (Å²) in [5.74, 6) is -0.738. The van der Waals surface area contributed by atoms with Crippen molar-refractivity contribution in [2.24, 2.45) is 0 Å². The summed E-state index contributed by atoms with van der Waals surface area (Å²) in [6, 6.07) is 11.7. The number of nitrogens with one attached hydrogen (secondary N) is 1. The molecular formula is C26H25NO6. The average molecular weight is 447 g/mol. The van der Waals surface area contributed by atoms with Gasteiger partial charge in [0.2, 0.25) is 5.91 Å². The van der Waals surface area contributed by atoms with Crippen molar-refractivity contribution in [2.45, 2.75) is 46.1 Å². The van der Waals surface area contributed by atoms with Gasteiger partial charge in [-0.05, 0) is 49.9 Å². The topological polar surface area (TPSA) is 110 Å². The van der Waals surface area contributed by atoms with Crippen molar-refractivity contribution in [1.29, 1.82) is 0 Å². The number of fused-ring (bicyclic) bond motifs is 2.